The molecule has 0 saturated heterocycles. The highest BCUT2D eigenvalue weighted by atomic mass is 16.4. The van der Waals surface area contributed by atoms with E-state index in [1.165, 1.54) is 14.0 Å². The number of ketones is 2. The van der Waals surface area contributed by atoms with E-state index in [9.17, 15) is 35.1 Å². The van der Waals surface area contributed by atoms with E-state index in [4.69, 9.17) is 0 Å². The summed E-state index contributed by atoms with van der Waals surface area (Å²) in [4.78, 5) is 24.7. The van der Waals surface area contributed by atoms with Crippen LogP contribution in [0.3, 0.4) is 0 Å². The Bertz CT molecular complexity index is 809. The van der Waals surface area contributed by atoms with Crippen molar-refractivity contribution >= 4 is 11.6 Å². The van der Waals surface area contributed by atoms with Gasteiger partial charge in [0, 0.05) is 30.7 Å². The summed E-state index contributed by atoms with van der Waals surface area (Å²) in [5.74, 6) is -2.68. The highest BCUT2D eigenvalue weighted by molar-refractivity contribution is 6.26. The van der Waals surface area contributed by atoms with E-state index in [1.807, 2.05) is 0 Å². The number of phenols is 2. The number of hydrogen-bond acceptors (Lipinski definition) is 8. The lowest BCUT2D eigenvalue weighted by Gasteiger charge is -2.39. The molecule has 0 fully saturated rings. The smallest absolute Gasteiger partial charge is 0.213 e. The standard InChI is InChI=1S/C16H17NO7/c1-16(24)4-5-8(14(22)15(16)23)13(21)9-7(18)3-6(17-2)12(20)10(9)11(5)19/h3,14-15,17,19,21-24H,4H2,1-2H3. The quantitative estimate of drug-likeness (QED) is 0.369. The number of benzene rings is 1. The zero-order chi connectivity index (χ0) is 18.0. The highest BCUT2D eigenvalue weighted by Gasteiger charge is 2.47. The minimum atomic E-state index is -1.78. The summed E-state index contributed by atoms with van der Waals surface area (Å²) in [6.07, 6.45) is -2.69. The second kappa shape index (κ2) is 5.04. The summed E-state index contributed by atoms with van der Waals surface area (Å²) in [6.45, 7) is 1.26. The zero-order valence-corrected chi connectivity index (χ0v) is 13.0. The summed E-state index contributed by atoms with van der Waals surface area (Å²) in [7, 11) is 1.43. The summed E-state index contributed by atoms with van der Waals surface area (Å²) in [5, 5.41) is 53.9. The molecule has 24 heavy (non-hydrogen) atoms. The van der Waals surface area contributed by atoms with Gasteiger partial charge in [0.1, 0.15) is 23.7 Å². The summed E-state index contributed by atoms with van der Waals surface area (Å²) in [5.41, 5.74) is -2.98. The molecule has 8 heteroatoms. The Morgan fingerprint density at radius 1 is 1.17 bits per heavy atom. The molecule has 2 aliphatic rings. The van der Waals surface area contributed by atoms with E-state index in [0.717, 1.165) is 6.08 Å². The van der Waals surface area contributed by atoms with Crippen LogP contribution in [0.1, 0.15) is 44.9 Å². The van der Waals surface area contributed by atoms with Gasteiger partial charge in [0.25, 0.3) is 0 Å². The second-order valence-corrected chi connectivity index (χ2v) is 6.26. The number of aliphatic hydroxyl groups is 3. The lowest BCUT2D eigenvalue weighted by Crippen LogP contribution is -2.48. The van der Waals surface area contributed by atoms with Gasteiger partial charge in [-0.25, -0.2) is 0 Å². The largest absolute Gasteiger partial charge is 0.507 e. The molecule has 3 atom stereocenters. The molecule has 0 spiro atoms. The molecule has 6 N–H and O–H groups in total. The molecular weight excluding hydrogens is 318 g/mol. The van der Waals surface area contributed by atoms with Crippen LogP contribution in [-0.2, 0) is 6.42 Å². The van der Waals surface area contributed by atoms with Crippen LogP contribution in [0.2, 0.25) is 0 Å². The number of rotatable bonds is 1. The molecule has 1 aromatic rings. The van der Waals surface area contributed by atoms with E-state index < -0.39 is 46.4 Å². The van der Waals surface area contributed by atoms with E-state index in [0.29, 0.717) is 0 Å². The number of likely N-dealkylation sites (N-methyl/N-ethyl adjacent to an activating group) is 1. The molecule has 0 heterocycles. The van der Waals surface area contributed by atoms with Gasteiger partial charge < -0.3 is 30.8 Å². The number of nitrogens with one attached hydrogen (secondary N) is 1. The monoisotopic (exact) mass is 335 g/mol. The van der Waals surface area contributed by atoms with Crippen LogP contribution in [0.5, 0.6) is 11.5 Å². The number of phenolic OH excluding ortho intramolecular Hbond substituents is 2. The van der Waals surface area contributed by atoms with Crippen LogP contribution in [0.25, 0.3) is 0 Å². The Kier molecular flexibility index (Phi) is 3.45. The van der Waals surface area contributed by atoms with Crippen LogP contribution >= 0.6 is 0 Å². The number of carbonyl (C=O) groups is 2. The predicted molar refractivity (Wildman–Crippen MR) is 80.9 cm³/mol. The molecule has 0 aliphatic heterocycles. The number of aromatic hydroxyl groups is 2. The molecule has 1 aromatic carbocycles. The highest BCUT2D eigenvalue weighted by Crippen LogP contribution is 2.49. The number of Topliss-reactive ketones (excluding diaryl/α,β-unsaturated/α-hetero) is 1. The SMILES string of the molecule is CNC1=CC(=O)c2c(O)c3c(c(O)c2C1=O)CC(C)(O)C(O)C3O. The number of carbonyl (C=O) groups excluding carboxylic acids is 2. The molecule has 0 radical (unpaired) electrons. The maximum Gasteiger partial charge on any atom is 0.213 e. The second-order valence-electron chi connectivity index (χ2n) is 6.26. The molecule has 8 nitrogen and oxygen atoms in total. The minimum absolute atomic E-state index is 0.0506. The maximum absolute atomic E-state index is 12.4. The topological polar surface area (TPSA) is 147 Å². The average Bonchev–Trinajstić information content (AvgIpc) is 2.51. The van der Waals surface area contributed by atoms with Gasteiger partial charge in [0.15, 0.2) is 5.78 Å². The van der Waals surface area contributed by atoms with Crippen molar-refractivity contribution in [3.63, 3.8) is 0 Å². The molecule has 0 amide bonds. The van der Waals surface area contributed by atoms with Crippen LogP contribution in [0, 0.1) is 0 Å². The fourth-order valence-corrected chi connectivity index (χ4v) is 3.30. The van der Waals surface area contributed by atoms with Gasteiger partial charge in [-0.2, -0.15) is 0 Å². The van der Waals surface area contributed by atoms with Gasteiger partial charge in [-0.3, -0.25) is 9.59 Å². The van der Waals surface area contributed by atoms with Crippen LogP contribution in [0.4, 0.5) is 0 Å². The van der Waals surface area contributed by atoms with Gasteiger partial charge >= 0.3 is 0 Å². The first kappa shape index (κ1) is 16.4. The van der Waals surface area contributed by atoms with Gasteiger partial charge in [0.05, 0.1) is 22.4 Å². The van der Waals surface area contributed by atoms with Crippen molar-refractivity contribution in [3.8, 4) is 11.5 Å². The first-order valence-corrected chi connectivity index (χ1v) is 7.29. The van der Waals surface area contributed by atoms with E-state index >= 15 is 0 Å². The number of hydrogen-bond donors (Lipinski definition) is 6. The van der Waals surface area contributed by atoms with Crippen LogP contribution in [0.15, 0.2) is 11.8 Å². The lowest BCUT2D eigenvalue weighted by atomic mass is 9.73. The first-order chi connectivity index (χ1) is 11.1. The Hall–Kier alpha value is -2.42. The summed E-state index contributed by atoms with van der Waals surface area (Å²) in [6, 6.07) is 0. The molecule has 0 saturated carbocycles. The number of fused-ring (bicyclic) bond motifs is 2. The average molecular weight is 335 g/mol. The van der Waals surface area contributed by atoms with Crippen molar-refractivity contribution in [2.45, 2.75) is 31.2 Å². The zero-order valence-electron chi connectivity index (χ0n) is 13.0. The fraction of sp³-hybridized carbons (Fsp3) is 0.375. The van der Waals surface area contributed by atoms with E-state index in [2.05, 4.69) is 5.32 Å². The number of aliphatic hydroxyl groups excluding tert-OH is 2. The molecule has 0 bridgehead atoms. The van der Waals surface area contributed by atoms with Crippen molar-refractivity contribution < 1.29 is 35.1 Å². The van der Waals surface area contributed by atoms with Crippen molar-refractivity contribution in [1.82, 2.24) is 5.32 Å². The predicted octanol–water partition coefficient (Wildman–Crippen LogP) is -0.719. The normalized spacial score (nSPS) is 29.0. The molecule has 3 rings (SSSR count). The van der Waals surface area contributed by atoms with Gasteiger partial charge in [0.2, 0.25) is 5.78 Å². The molecule has 3 unspecified atom stereocenters. The van der Waals surface area contributed by atoms with Gasteiger partial charge in [-0.05, 0) is 6.92 Å². The van der Waals surface area contributed by atoms with Gasteiger partial charge in [-0.15, -0.1) is 0 Å². The Labute approximate surface area is 136 Å². The minimum Gasteiger partial charge on any atom is -0.507 e. The molecule has 2 aliphatic carbocycles. The number of allylic oxidation sites excluding steroid dienone is 2. The van der Waals surface area contributed by atoms with E-state index in [1.54, 1.807) is 0 Å². The third kappa shape index (κ3) is 1.97. The molecular formula is C16H17NO7. The Morgan fingerprint density at radius 3 is 2.38 bits per heavy atom. The van der Waals surface area contributed by atoms with Crippen molar-refractivity contribution in [2.24, 2.45) is 0 Å². The maximum atomic E-state index is 12.4. The first-order valence-electron chi connectivity index (χ1n) is 7.29. The van der Waals surface area contributed by atoms with Crippen molar-refractivity contribution in [1.29, 1.82) is 0 Å². The Morgan fingerprint density at radius 2 is 1.79 bits per heavy atom. The third-order valence-corrected chi connectivity index (χ3v) is 4.62. The lowest BCUT2D eigenvalue weighted by molar-refractivity contribution is -0.126. The fourth-order valence-electron chi connectivity index (χ4n) is 3.30. The van der Waals surface area contributed by atoms with E-state index in [-0.39, 0.29) is 28.8 Å². The van der Waals surface area contributed by atoms with Gasteiger partial charge in [-0.1, -0.05) is 0 Å². The van der Waals surface area contributed by atoms with Crippen LogP contribution in [-0.4, -0.2) is 55.9 Å². The Balaban J connectivity index is 2.36. The summed E-state index contributed by atoms with van der Waals surface area (Å²) >= 11 is 0. The van der Waals surface area contributed by atoms with Crippen LogP contribution < -0.4 is 5.32 Å². The van der Waals surface area contributed by atoms with Crippen molar-refractivity contribution in [3.05, 3.63) is 34.0 Å². The third-order valence-electron chi connectivity index (χ3n) is 4.62. The molecule has 0 aromatic heterocycles. The van der Waals surface area contributed by atoms with Crippen molar-refractivity contribution in [2.75, 3.05) is 7.05 Å². The molecule has 128 valence electrons. The summed E-state index contributed by atoms with van der Waals surface area (Å²) < 4.78 is 0.